The molecule has 0 unspecified atom stereocenters. The fourth-order valence-corrected chi connectivity index (χ4v) is 1.92. The van der Waals surface area contributed by atoms with Gasteiger partial charge in [-0.15, -0.1) is 0 Å². The van der Waals surface area contributed by atoms with Crippen LogP contribution in [0.4, 0.5) is 4.39 Å². The molecule has 0 heterocycles. The maximum absolute atomic E-state index is 12.8. The van der Waals surface area contributed by atoms with E-state index in [9.17, 15) is 14.0 Å². The van der Waals surface area contributed by atoms with E-state index in [0.717, 1.165) is 0 Å². The van der Waals surface area contributed by atoms with E-state index in [0.29, 0.717) is 16.9 Å². The molecule has 0 saturated carbocycles. The van der Waals surface area contributed by atoms with Gasteiger partial charge >= 0.3 is 5.97 Å². The summed E-state index contributed by atoms with van der Waals surface area (Å²) in [5.41, 5.74) is 3.66. The van der Waals surface area contributed by atoms with Gasteiger partial charge < -0.3 is 9.47 Å². The largest absolute Gasteiger partial charge is 0.481 e. The number of ether oxygens (including phenoxy) is 2. The van der Waals surface area contributed by atoms with E-state index in [1.54, 1.807) is 24.3 Å². The molecule has 1 N–H and O–H groups in total. The minimum atomic E-state index is -0.501. The number of methoxy groups -OCH3 is 1. The lowest BCUT2D eigenvalue weighted by atomic mass is 10.1. The Kier molecular flexibility index (Phi) is 6.65. The standard InChI is InChI=1S/C18H17FN2O4/c1-24-18(23)12-25-16-5-3-2-4-14(16)11-20-21-17(22)10-13-6-8-15(19)9-7-13/h2-9,11H,10,12H2,1H3,(H,21,22)/b20-11+. The van der Waals surface area contributed by atoms with Gasteiger partial charge in [0.1, 0.15) is 11.6 Å². The average molecular weight is 344 g/mol. The molecular formula is C18H17FN2O4. The molecule has 130 valence electrons. The molecule has 0 bridgehead atoms. The number of hydrogen-bond acceptors (Lipinski definition) is 5. The molecule has 0 aliphatic carbocycles. The first-order valence-corrected chi connectivity index (χ1v) is 7.43. The molecule has 6 nitrogen and oxygen atoms in total. The van der Waals surface area contributed by atoms with Crippen LogP contribution in [0, 0.1) is 5.82 Å². The van der Waals surface area contributed by atoms with Crippen molar-refractivity contribution >= 4 is 18.1 Å². The SMILES string of the molecule is COC(=O)COc1ccccc1/C=N/NC(=O)Cc1ccc(F)cc1. The Morgan fingerprint density at radius 2 is 1.88 bits per heavy atom. The van der Waals surface area contributed by atoms with Gasteiger partial charge in [0, 0.05) is 5.56 Å². The molecule has 2 rings (SSSR count). The van der Waals surface area contributed by atoms with Crippen molar-refractivity contribution in [1.82, 2.24) is 5.43 Å². The molecular weight excluding hydrogens is 327 g/mol. The van der Waals surface area contributed by atoms with Gasteiger partial charge in [0.05, 0.1) is 19.7 Å². The highest BCUT2D eigenvalue weighted by Gasteiger charge is 2.06. The molecule has 1 amide bonds. The summed E-state index contributed by atoms with van der Waals surface area (Å²) < 4.78 is 22.7. The number of esters is 1. The molecule has 2 aromatic rings. The number of hydrogen-bond donors (Lipinski definition) is 1. The number of halogens is 1. The Morgan fingerprint density at radius 1 is 1.16 bits per heavy atom. The number of benzene rings is 2. The summed E-state index contributed by atoms with van der Waals surface area (Å²) in [5, 5.41) is 3.87. The fourth-order valence-electron chi connectivity index (χ4n) is 1.92. The normalized spacial score (nSPS) is 10.5. The third kappa shape index (κ3) is 6.06. The van der Waals surface area contributed by atoms with Crippen LogP contribution in [0.2, 0.25) is 0 Å². The molecule has 7 heteroatoms. The Morgan fingerprint density at radius 3 is 2.60 bits per heavy atom. The molecule has 0 saturated heterocycles. The van der Waals surface area contributed by atoms with Crippen molar-refractivity contribution in [1.29, 1.82) is 0 Å². The van der Waals surface area contributed by atoms with Crippen molar-refractivity contribution < 1.29 is 23.5 Å². The van der Waals surface area contributed by atoms with Crippen LogP contribution in [0.3, 0.4) is 0 Å². The molecule has 0 fully saturated rings. The molecule has 0 radical (unpaired) electrons. The van der Waals surface area contributed by atoms with Gasteiger partial charge in [-0.05, 0) is 29.8 Å². The first-order chi connectivity index (χ1) is 12.1. The van der Waals surface area contributed by atoms with E-state index in [1.807, 2.05) is 0 Å². The van der Waals surface area contributed by atoms with Gasteiger partial charge in [0.15, 0.2) is 6.61 Å². The maximum atomic E-state index is 12.8. The number of carbonyl (C=O) groups excluding carboxylic acids is 2. The molecule has 0 aliphatic heterocycles. The Hall–Kier alpha value is -3.22. The van der Waals surface area contributed by atoms with Crippen LogP contribution in [0.5, 0.6) is 5.75 Å². The van der Waals surface area contributed by atoms with Crippen LogP contribution in [-0.4, -0.2) is 31.8 Å². The van der Waals surface area contributed by atoms with Crippen LogP contribution in [0.15, 0.2) is 53.6 Å². The van der Waals surface area contributed by atoms with Gasteiger partial charge in [-0.2, -0.15) is 5.10 Å². The topological polar surface area (TPSA) is 77.0 Å². The number of carbonyl (C=O) groups is 2. The van der Waals surface area contributed by atoms with Crippen LogP contribution >= 0.6 is 0 Å². The predicted molar refractivity (Wildman–Crippen MR) is 89.8 cm³/mol. The first kappa shape index (κ1) is 18.1. The molecule has 0 aliphatic rings. The van der Waals surface area contributed by atoms with E-state index in [1.165, 1.54) is 37.6 Å². The zero-order valence-electron chi connectivity index (χ0n) is 13.6. The highest BCUT2D eigenvalue weighted by molar-refractivity contribution is 5.85. The number of rotatable bonds is 7. The molecule has 0 aromatic heterocycles. The lowest BCUT2D eigenvalue weighted by molar-refractivity contribution is -0.142. The van der Waals surface area contributed by atoms with Gasteiger partial charge in [-0.1, -0.05) is 24.3 Å². The van der Waals surface area contributed by atoms with Crippen LogP contribution < -0.4 is 10.2 Å². The molecule has 0 spiro atoms. The second kappa shape index (κ2) is 9.17. The summed E-state index contributed by atoms with van der Waals surface area (Å²) in [6.07, 6.45) is 1.49. The van der Waals surface area contributed by atoms with E-state index < -0.39 is 5.97 Å². The molecule has 25 heavy (non-hydrogen) atoms. The average Bonchev–Trinajstić information content (AvgIpc) is 2.62. The maximum Gasteiger partial charge on any atom is 0.343 e. The highest BCUT2D eigenvalue weighted by atomic mass is 19.1. The van der Waals surface area contributed by atoms with Crippen molar-refractivity contribution in [2.24, 2.45) is 5.10 Å². The summed E-state index contributed by atoms with van der Waals surface area (Å²) in [4.78, 5) is 22.9. The number of nitrogens with one attached hydrogen (secondary N) is 1. The summed E-state index contributed by atoms with van der Waals surface area (Å²) in [5.74, 6) is -0.759. The van der Waals surface area contributed by atoms with Gasteiger partial charge in [0.25, 0.3) is 0 Å². The summed E-state index contributed by atoms with van der Waals surface area (Å²) >= 11 is 0. The van der Waals surface area contributed by atoms with E-state index in [4.69, 9.17) is 4.74 Å². The summed E-state index contributed by atoms with van der Waals surface area (Å²) in [6.45, 7) is -0.224. The third-order valence-corrected chi connectivity index (χ3v) is 3.16. The number of nitrogens with zero attached hydrogens (tertiary/aromatic N) is 1. The van der Waals surface area contributed by atoms with Crippen LogP contribution in [0.1, 0.15) is 11.1 Å². The lowest BCUT2D eigenvalue weighted by Gasteiger charge is -2.07. The summed E-state index contributed by atoms with van der Waals surface area (Å²) in [6, 6.07) is 12.6. The van der Waals surface area contributed by atoms with Crippen molar-refractivity contribution in [2.75, 3.05) is 13.7 Å². The number of hydrazone groups is 1. The Labute approximate surface area is 144 Å². The molecule has 2 aromatic carbocycles. The van der Waals surface area contributed by atoms with Gasteiger partial charge in [-0.25, -0.2) is 14.6 Å². The summed E-state index contributed by atoms with van der Waals surface area (Å²) in [7, 11) is 1.27. The van der Waals surface area contributed by atoms with E-state index in [2.05, 4.69) is 15.3 Å². The quantitative estimate of drug-likeness (QED) is 0.474. The second-order valence-electron chi connectivity index (χ2n) is 5.00. The van der Waals surface area contributed by atoms with Crippen molar-refractivity contribution in [3.05, 3.63) is 65.5 Å². The van der Waals surface area contributed by atoms with Crippen molar-refractivity contribution in [3.63, 3.8) is 0 Å². The van der Waals surface area contributed by atoms with Crippen molar-refractivity contribution in [2.45, 2.75) is 6.42 Å². The monoisotopic (exact) mass is 344 g/mol. The van der Waals surface area contributed by atoms with Gasteiger partial charge in [0.2, 0.25) is 5.91 Å². The Bertz CT molecular complexity index is 760. The zero-order chi connectivity index (χ0) is 18.1. The first-order valence-electron chi connectivity index (χ1n) is 7.43. The second-order valence-corrected chi connectivity index (χ2v) is 5.00. The minimum absolute atomic E-state index is 0.0815. The van der Waals surface area contributed by atoms with Gasteiger partial charge in [-0.3, -0.25) is 4.79 Å². The number of para-hydroxylation sites is 1. The molecule has 0 atom stereocenters. The predicted octanol–water partition coefficient (Wildman–Crippen LogP) is 2.07. The zero-order valence-corrected chi connectivity index (χ0v) is 13.6. The highest BCUT2D eigenvalue weighted by Crippen LogP contribution is 2.15. The van der Waals surface area contributed by atoms with Crippen LogP contribution in [0.25, 0.3) is 0 Å². The lowest BCUT2D eigenvalue weighted by Crippen LogP contribution is -2.19. The Balaban J connectivity index is 1.91. The van der Waals surface area contributed by atoms with Crippen molar-refractivity contribution in [3.8, 4) is 5.75 Å². The van der Waals surface area contributed by atoms with E-state index in [-0.39, 0.29) is 24.8 Å². The van der Waals surface area contributed by atoms with E-state index >= 15 is 0 Å². The smallest absolute Gasteiger partial charge is 0.343 e. The number of amides is 1. The minimum Gasteiger partial charge on any atom is -0.481 e. The third-order valence-electron chi connectivity index (χ3n) is 3.16. The fraction of sp³-hybridized carbons (Fsp3) is 0.167. The van der Waals surface area contributed by atoms with Crippen LogP contribution in [-0.2, 0) is 20.7 Å².